The molecule has 29 heavy (non-hydrogen) atoms. The van der Waals surface area contributed by atoms with Crippen LogP contribution < -0.4 is 9.64 Å². The first-order valence-electron chi connectivity index (χ1n) is 8.96. The lowest BCUT2D eigenvalue weighted by atomic mass is 10.1. The molecule has 0 bridgehead atoms. The summed E-state index contributed by atoms with van der Waals surface area (Å²) >= 11 is 6.97. The van der Waals surface area contributed by atoms with Crippen molar-refractivity contribution in [1.82, 2.24) is 14.5 Å². The maximum atomic E-state index is 12.7. The Morgan fingerprint density at radius 2 is 1.69 bits per heavy atom. The monoisotopic (exact) mass is 450 g/mol. The summed E-state index contributed by atoms with van der Waals surface area (Å²) in [5, 5.41) is 8.65. The summed E-state index contributed by atoms with van der Waals surface area (Å²) in [6, 6.07) is 14.6. The molecule has 152 valence electrons. The minimum atomic E-state index is -3.50. The van der Waals surface area contributed by atoms with E-state index in [0.29, 0.717) is 30.5 Å². The summed E-state index contributed by atoms with van der Waals surface area (Å²) in [5.41, 5.74) is 1.72. The standard InChI is InChI=1S/C19H19ClN4O3S2/c1-27-15-4-2-14(3-5-15)16-6-8-18(22-21-16)23-10-12-24(13-11-23)29(25,26)19-9-7-17(20)28-19/h2-9H,10-13H2,1H3. The molecule has 0 atom stereocenters. The molecule has 2 aromatic heterocycles. The van der Waals surface area contributed by atoms with Crippen LogP contribution in [0.1, 0.15) is 0 Å². The van der Waals surface area contributed by atoms with Crippen LogP contribution in [0.4, 0.5) is 5.82 Å². The molecule has 1 aliphatic rings. The Labute approximate surface area is 178 Å². The van der Waals surface area contributed by atoms with Gasteiger partial charge in [0.15, 0.2) is 5.82 Å². The number of nitrogens with zero attached hydrogens (tertiary/aromatic N) is 4. The van der Waals surface area contributed by atoms with Crippen LogP contribution in [0.15, 0.2) is 52.7 Å². The largest absolute Gasteiger partial charge is 0.497 e. The zero-order valence-corrected chi connectivity index (χ0v) is 18.0. The van der Waals surface area contributed by atoms with E-state index in [1.165, 1.54) is 4.31 Å². The van der Waals surface area contributed by atoms with Crippen LogP contribution in [0, 0.1) is 0 Å². The van der Waals surface area contributed by atoms with Crippen LogP contribution in [0.5, 0.6) is 5.75 Å². The van der Waals surface area contributed by atoms with Crippen molar-refractivity contribution in [2.75, 3.05) is 38.2 Å². The highest BCUT2D eigenvalue weighted by molar-refractivity contribution is 7.91. The summed E-state index contributed by atoms with van der Waals surface area (Å²) < 4.78 is 32.8. The third kappa shape index (κ3) is 4.23. The van der Waals surface area contributed by atoms with E-state index >= 15 is 0 Å². The Morgan fingerprint density at radius 3 is 2.24 bits per heavy atom. The van der Waals surface area contributed by atoms with Crippen molar-refractivity contribution in [2.45, 2.75) is 4.21 Å². The van der Waals surface area contributed by atoms with Gasteiger partial charge < -0.3 is 9.64 Å². The van der Waals surface area contributed by atoms with E-state index in [4.69, 9.17) is 16.3 Å². The zero-order valence-electron chi connectivity index (χ0n) is 15.7. The Morgan fingerprint density at radius 1 is 0.966 bits per heavy atom. The summed E-state index contributed by atoms with van der Waals surface area (Å²) in [5.74, 6) is 1.52. The van der Waals surface area contributed by atoms with Crippen molar-refractivity contribution >= 4 is 38.8 Å². The van der Waals surface area contributed by atoms with E-state index in [9.17, 15) is 8.42 Å². The summed E-state index contributed by atoms with van der Waals surface area (Å²) in [6.07, 6.45) is 0. The maximum Gasteiger partial charge on any atom is 0.252 e. The third-order valence-corrected chi connectivity index (χ3v) is 8.34. The topological polar surface area (TPSA) is 75.6 Å². The molecule has 4 rings (SSSR count). The molecule has 0 spiro atoms. The summed E-state index contributed by atoms with van der Waals surface area (Å²) in [4.78, 5) is 2.04. The van der Waals surface area contributed by atoms with Gasteiger partial charge in [-0.15, -0.1) is 21.5 Å². The van der Waals surface area contributed by atoms with Gasteiger partial charge in [-0.25, -0.2) is 8.42 Å². The third-order valence-electron chi connectivity index (χ3n) is 4.74. The molecule has 1 fully saturated rings. The number of sulfonamides is 1. The number of piperazine rings is 1. The van der Waals surface area contributed by atoms with Gasteiger partial charge in [0.25, 0.3) is 10.0 Å². The number of halogens is 1. The fourth-order valence-electron chi connectivity index (χ4n) is 3.13. The SMILES string of the molecule is COc1ccc(-c2ccc(N3CCN(S(=O)(=O)c4ccc(Cl)s4)CC3)nn2)cc1. The fraction of sp³-hybridized carbons (Fsp3) is 0.263. The molecule has 0 amide bonds. The number of ether oxygens (including phenoxy) is 1. The predicted octanol–water partition coefficient (Wildman–Crippen LogP) is 3.38. The molecule has 1 saturated heterocycles. The molecule has 1 aliphatic heterocycles. The van der Waals surface area contributed by atoms with E-state index in [2.05, 4.69) is 10.2 Å². The van der Waals surface area contributed by atoms with Gasteiger partial charge in [-0.05, 0) is 48.5 Å². The molecule has 0 aliphatic carbocycles. The molecule has 0 N–H and O–H groups in total. The number of aromatic nitrogens is 2. The van der Waals surface area contributed by atoms with Crippen molar-refractivity contribution in [2.24, 2.45) is 0 Å². The molecule has 0 radical (unpaired) electrons. The van der Waals surface area contributed by atoms with E-state index in [0.717, 1.165) is 34.2 Å². The van der Waals surface area contributed by atoms with Gasteiger partial charge >= 0.3 is 0 Å². The lowest BCUT2D eigenvalue weighted by Gasteiger charge is -2.34. The van der Waals surface area contributed by atoms with E-state index in [-0.39, 0.29) is 4.21 Å². The van der Waals surface area contributed by atoms with Crippen molar-refractivity contribution in [3.05, 3.63) is 52.9 Å². The van der Waals surface area contributed by atoms with Crippen molar-refractivity contribution in [1.29, 1.82) is 0 Å². The van der Waals surface area contributed by atoms with Crippen LogP contribution in [0.3, 0.4) is 0 Å². The zero-order chi connectivity index (χ0) is 20.4. The second-order valence-corrected chi connectivity index (χ2v) is 10.3. The quantitative estimate of drug-likeness (QED) is 0.593. The maximum absolute atomic E-state index is 12.7. The molecule has 3 heterocycles. The minimum Gasteiger partial charge on any atom is -0.497 e. The van der Waals surface area contributed by atoms with Crippen LogP contribution in [0.2, 0.25) is 4.34 Å². The second-order valence-electron chi connectivity index (χ2n) is 6.45. The molecule has 3 aromatic rings. The smallest absolute Gasteiger partial charge is 0.252 e. The van der Waals surface area contributed by atoms with Crippen LogP contribution in [-0.4, -0.2) is 56.2 Å². The molecular weight excluding hydrogens is 432 g/mol. The Kier molecular flexibility index (Phi) is 5.73. The van der Waals surface area contributed by atoms with Crippen molar-refractivity contribution in [3.8, 4) is 17.0 Å². The van der Waals surface area contributed by atoms with Crippen LogP contribution >= 0.6 is 22.9 Å². The van der Waals surface area contributed by atoms with Gasteiger partial charge in [0.1, 0.15) is 9.96 Å². The van der Waals surface area contributed by atoms with Crippen molar-refractivity contribution in [3.63, 3.8) is 0 Å². The highest BCUT2D eigenvalue weighted by atomic mass is 35.5. The fourth-order valence-corrected chi connectivity index (χ4v) is 6.19. The summed E-state index contributed by atoms with van der Waals surface area (Å²) in [6.45, 7) is 1.88. The number of hydrogen-bond donors (Lipinski definition) is 0. The van der Waals surface area contributed by atoms with Crippen LogP contribution in [-0.2, 0) is 10.0 Å². The van der Waals surface area contributed by atoms with E-state index in [1.807, 2.05) is 41.3 Å². The van der Waals surface area contributed by atoms with E-state index < -0.39 is 10.0 Å². The number of rotatable bonds is 5. The second kappa shape index (κ2) is 8.27. The van der Waals surface area contributed by atoms with E-state index in [1.54, 1.807) is 19.2 Å². The highest BCUT2D eigenvalue weighted by Gasteiger charge is 2.30. The predicted molar refractivity (Wildman–Crippen MR) is 114 cm³/mol. The van der Waals surface area contributed by atoms with Gasteiger partial charge in [0.05, 0.1) is 17.1 Å². The molecule has 0 unspecified atom stereocenters. The number of thiophene rings is 1. The highest BCUT2D eigenvalue weighted by Crippen LogP contribution is 2.29. The Hall–Kier alpha value is -2.20. The number of anilines is 1. The van der Waals surface area contributed by atoms with Gasteiger partial charge in [0.2, 0.25) is 0 Å². The number of methoxy groups -OCH3 is 1. The first-order chi connectivity index (χ1) is 14.0. The lowest BCUT2D eigenvalue weighted by molar-refractivity contribution is 0.384. The Balaban J connectivity index is 1.42. The van der Waals surface area contributed by atoms with Gasteiger partial charge in [-0.1, -0.05) is 11.6 Å². The van der Waals surface area contributed by atoms with Crippen molar-refractivity contribution < 1.29 is 13.2 Å². The average molecular weight is 451 g/mol. The average Bonchev–Trinajstić information content (AvgIpc) is 3.21. The summed E-state index contributed by atoms with van der Waals surface area (Å²) in [7, 11) is -1.87. The number of benzene rings is 1. The molecule has 7 nitrogen and oxygen atoms in total. The first-order valence-corrected chi connectivity index (χ1v) is 11.6. The molecule has 10 heteroatoms. The molecule has 0 saturated carbocycles. The minimum absolute atomic E-state index is 0.277. The number of hydrogen-bond acceptors (Lipinski definition) is 7. The van der Waals surface area contributed by atoms with Crippen LogP contribution in [0.25, 0.3) is 11.3 Å². The van der Waals surface area contributed by atoms with Gasteiger partial charge in [-0.3, -0.25) is 0 Å². The van der Waals surface area contributed by atoms with Gasteiger partial charge in [0, 0.05) is 31.7 Å². The Bertz CT molecular complexity index is 1080. The molecular formula is C19H19ClN4O3S2. The molecule has 1 aromatic carbocycles. The normalized spacial score (nSPS) is 15.4. The first kappa shape index (κ1) is 20.1. The van der Waals surface area contributed by atoms with Gasteiger partial charge in [-0.2, -0.15) is 4.31 Å². The lowest BCUT2D eigenvalue weighted by Crippen LogP contribution is -2.48.